The highest BCUT2D eigenvalue weighted by molar-refractivity contribution is 5.94. The lowest BCUT2D eigenvalue weighted by atomic mass is 10.1. The number of amides is 1. The van der Waals surface area contributed by atoms with Crippen LogP contribution >= 0.6 is 0 Å². The summed E-state index contributed by atoms with van der Waals surface area (Å²) in [5, 5.41) is 13.4. The number of ether oxygens (including phenoxy) is 1. The molecule has 142 valence electrons. The number of carbonyl (C=O) groups excluding carboxylic acids is 1. The average molecular weight is 372 g/mol. The topological polar surface area (TPSA) is 118 Å². The smallest absolute Gasteiger partial charge is 0.286 e. The summed E-state index contributed by atoms with van der Waals surface area (Å²) >= 11 is 0. The van der Waals surface area contributed by atoms with Crippen molar-refractivity contribution in [3.63, 3.8) is 0 Å². The summed E-state index contributed by atoms with van der Waals surface area (Å²) in [6, 6.07) is 8.79. The van der Waals surface area contributed by atoms with Gasteiger partial charge in [0, 0.05) is 32.2 Å². The highest BCUT2D eigenvalue weighted by Crippen LogP contribution is 2.10. The van der Waals surface area contributed by atoms with Crippen molar-refractivity contribution in [2.75, 3.05) is 26.3 Å². The Balaban J connectivity index is 1.58. The summed E-state index contributed by atoms with van der Waals surface area (Å²) in [6.07, 6.45) is 0.965. The molecule has 1 saturated heterocycles. The van der Waals surface area contributed by atoms with Crippen LogP contribution in [0.4, 0.5) is 5.69 Å². The number of aromatic nitrogens is 1. The molecule has 1 aliphatic heterocycles. The summed E-state index contributed by atoms with van der Waals surface area (Å²) in [7, 11) is 0. The maximum Gasteiger partial charge on any atom is 0.286 e. The minimum absolute atomic E-state index is 0.221. The SMILES string of the molecule is O=C(NCc1ccc(CN2CCOCC2)cc1)c1cc([N+](=O)[O-])c[nH]c1=O. The van der Waals surface area contributed by atoms with Crippen LogP contribution in [-0.2, 0) is 17.8 Å². The fourth-order valence-corrected chi connectivity index (χ4v) is 2.80. The molecule has 0 radical (unpaired) electrons. The largest absolute Gasteiger partial charge is 0.379 e. The van der Waals surface area contributed by atoms with Crippen molar-refractivity contribution in [3.05, 3.63) is 73.7 Å². The number of hydrogen-bond donors (Lipinski definition) is 2. The second-order valence-electron chi connectivity index (χ2n) is 6.25. The zero-order valence-corrected chi connectivity index (χ0v) is 14.6. The quantitative estimate of drug-likeness (QED) is 0.578. The lowest BCUT2D eigenvalue weighted by Crippen LogP contribution is -2.35. The minimum atomic E-state index is -0.668. The second-order valence-corrected chi connectivity index (χ2v) is 6.25. The van der Waals surface area contributed by atoms with Crippen LogP contribution in [0, 0.1) is 10.1 Å². The normalized spacial score (nSPS) is 14.7. The Kier molecular flexibility index (Phi) is 5.94. The number of aromatic amines is 1. The van der Waals surface area contributed by atoms with E-state index >= 15 is 0 Å². The van der Waals surface area contributed by atoms with E-state index < -0.39 is 16.4 Å². The van der Waals surface area contributed by atoms with E-state index in [2.05, 4.69) is 15.2 Å². The van der Waals surface area contributed by atoms with Gasteiger partial charge < -0.3 is 15.0 Å². The van der Waals surface area contributed by atoms with Crippen molar-refractivity contribution >= 4 is 11.6 Å². The molecule has 27 heavy (non-hydrogen) atoms. The third-order valence-electron chi connectivity index (χ3n) is 4.33. The van der Waals surface area contributed by atoms with E-state index in [9.17, 15) is 19.7 Å². The molecule has 1 aliphatic rings. The van der Waals surface area contributed by atoms with Crippen LogP contribution in [-0.4, -0.2) is 47.0 Å². The molecule has 0 aliphatic carbocycles. The van der Waals surface area contributed by atoms with Crippen molar-refractivity contribution in [2.24, 2.45) is 0 Å². The third-order valence-corrected chi connectivity index (χ3v) is 4.33. The van der Waals surface area contributed by atoms with Crippen LogP contribution in [0.15, 0.2) is 41.3 Å². The van der Waals surface area contributed by atoms with Gasteiger partial charge in [-0.1, -0.05) is 24.3 Å². The van der Waals surface area contributed by atoms with E-state index in [1.54, 1.807) is 0 Å². The van der Waals surface area contributed by atoms with E-state index in [1.165, 1.54) is 5.56 Å². The van der Waals surface area contributed by atoms with Crippen LogP contribution in [0.3, 0.4) is 0 Å². The van der Waals surface area contributed by atoms with Crippen LogP contribution in [0.5, 0.6) is 0 Å². The van der Waals surface area contributed by atoms with Crippen molar-refractivity contribution in [2.45, 2.75) is 13.1 Å². The van der Waals surface area contributed by atoms with Gasteiger partial charge in [0.05, 0.1) is 24.3 Å². The van der Waals surface area contributed by atoms with Gasteiger partial charge in [-0.25, -0.2) is 0 Å². The molecule has 3 rings (SSSR count). The molecular formula is C18H20N4O5. The molecule has 1 amide bonds. The standard InChI is InChI=1S/C18H20N4O5/c23-17(16-9-15(22(25)26)11-20-18(16)24)19-10-13-1-3-14(4-2-13)12-21-5-7-27-8-6-21/h1-4,9,11H,5-8,10,12H2,(H,19,23)(H,20,24). The highest BCUT2D eigenvalue weighted by atomic mass is 16.6. The van der Waals surface area contributed by atoms with Gasteiger partial charge in [-0.15, -0.1) is 0 Å². The predicted molar refractivity (Wildman–Crippen MR) is 97.4 cm³/mol. The third kappa shape index (κ3) is 4.99. The summed E-state index contributed by atoms with van der Waals surface area (Å²) in [5.74, 6) is -0.655. The number of nitrogens with one attached hydrogen (secondary N) is 2. The number of pyridine rings is 1. The zero-order valence-electron chi connectivity index (χ0n) is 14.6. The van der Waals surface area contributed by atoms with Crippen LogP contribution in [0.1, 0.15) is 21.5 Å². The van der Waals surface area contributed by atoms with Crippen molar-refractivity contribution in [1.29, 1.82) is 0 Å². The number of hydrogen-bond acceptors (Lipinski definition) is 6. The molecule has 2 heterocycles. The molecule has 9 heteroatoms. The zero-order chi connectivity index (χ0) is 19.2. The molecule has 0 saturated carbocycles. The first-order valence-electron chi connectivity index (χ1n) is 8.56. The van der Waals surface area contributed by atoms with E-state index in [0.717, 1.165) is 50.7 Å². The number of H-pyrrole nitrogens is 1. The lowest BCUT2D eigenvalue weighted by Gasteiger charge is -2.26. The van der Waals surface area contributed by atoms with E-state index in [0.29, 0.717) is 0 Å². The summed E-state index contributed by atoms with van der Waals surface area (Å²) < 4.78 is 5.33. The Morgan fingerprint density at radius 3 is 2.56 bits per heavy atom. The Morgan fingerprint density at radius 2 is 1.89 bits per heavy atom. The first kappa shape index (κ1) is 18.7. The number of nitrogens with zero attached hydrogens (tertiary/aromatic N) is 2. The van der Waals surface area contributed by atoms with E-state index in [4.69, 9.17) is 4.74 Å². The maximum atomic E-state index is 12.2. The van der Waals surface area contributed by atoms with E-state index in [-0.39, 0.29) is 17.8 Å². The van der Waals surface area contributed by atoms with Crippen LogP contribution < -0.4 is 10.9 Å². The number of rotatable bonds is 6. The lowest BCUT2D eigenvalue weighted by molar-refractivity contribution is -0.385. The predicted octanol–water partition coefficient (Wildman–Crippen LogP) is 1.05. The molecule has 1 fully saturated rings. The average Bonchev–Trinajstić information content (AvgIpc) is 2.68. The summed E-state index contributed by atoms with van der Waals surface area (Å²) in [4.78, 5) is 38.5. The van der Waals surface area contributed by atoms with Crippen LogP contribution in [0.25, 0.3) is 0 Å². The van der Waals surface area contributed by atoms with Gasteiger partial charge in [0.15, 0.2) is 0 Å². The van der Waals surface area contributed by atoms with Gasteiger partial charge in [-0.3, -0.25) is 24.6 Å². The molecule has 9 nitrogen and oxygen atoms in total. The fraction of sp³-hybridized carbons (Fsp3) is 0.333. The van der Waals surface area contributed by atoms with Crippen molar-refractivity contribution in [1.82, 2.24) is 15.2 Å². The molecule has 0 unspecified atom stereocenters. The molecule has 0 bridgehead atoms. The van der Waals surface area contributed by atoms with Gasteiger partial charge in [-0.2, -0.15) is 0 Å². The fourth-order valence-electron chi connectivity index (χ4n) is 2.80. The van der Waals surface area contributed by atoms with Gasteiger partial charge >= 0.3 is 0 Å². The van der Waals surface area contributed by atoms with Crippen LogP contribution in [0.2, 0.25) is 0 Å². The molecule has 2 N–H and O–H groups in total. The second kappa shape index (κ2) is 8.56. The Labute approximate surface area is 155 Å². The Morgan fingerprint density at radius 1 is 1.22 bits per heavy atom. The molecule has 0 atom stereocenters. The molecule has 1 aromatic heterocycles. The minimum Gasteiger partial charge on any atom is -0.379 e. The van der Waals surface area contributed by atoms with Crippen molar-refractivity contribution in [3.8, 4) is 0 Å². The van der Waals surface area contributed by atoms with Gasteiger partial charge in [0.25, 0.3) is 17.2 Å². The molecular weight excluding hydrogens is 352 g/mol. The Bertz CT molecular complexity index is 872. The molecule has 1 aromatic carbocycles. The maximum absolute atomic E-state index is 12.2. The van der Waals surface area contributed by atoms with Gasteiger partial charge in [0.1, 0.15) is 5.56 Å². The first-order chi connectivity index (χ1) is 13.0. The number of nitro groups is 1. The Hall–Kier alpha value is -3.04. The van der Waals surface area contributed by atoms with Gasteiger partial charge in [0.2, 0.25) is 0 Å². The van der Waals surface area contributed by atoms with E-state index in [1.807, 2.05) is 24.3 Å². The molecule has 0 spiro atoms. The highest BCUT2D eigenvalue weighted by Gasteiger charge is 2.16. The number of benzene rings is 1. The molecule has 2 aromatic rings. The summed E-state index contributed by atoms with van der Waals surface area (Å²) in [5.41, 5.74) is 0.748. The van der Waals surface area contributed by atoms with Gasteiger partial charge in [-0.05, 0) is 11.1 Å². The first-order valence-corrected chi connectivity index (χ1v) is 8.56. The van der Waals surface area contributed by atoms with Crippen molar-refractivity contribution < 1.29 is 14.5 Å². The summed E-state index contributed by atoms with van der Waals surface area (Å²) in [6.45, 7) is 4.39. The number of carbonyl (C=O) groups is 1. The monoisotopic (exact) mass is 372 g/mol. The number of morpholine rings is 1.